The summed E-state index contributed by atoms with van der Waals surface area (Å²) < 4.78 is 0. The molecule has 0 spiro atoms. The highest BCUT2D eigenvalue weighted by atomic mass is 15.2. The summed E-state index contributed by atoms with van der Waals surface area (Å²) in [5.41, 5.74) is 0. The van der Waals surface area contributed by atoms with Crippen molar-refractivity contribution in [1.82, 2.24) is 10.2 Å². The fourth-order valence-corrected chi connectivity index (χ4v) is 1.95. The number of likely N-dealkylation sites (tertiary alicyclic amines) is 1. The van der Waals surface area contributed by atoms with Crippen LogP contribution in [0, 0.1) is 5.92 Å². The van der Waals surface area contributed by atoms with E-state index in [9.17, 15) is 0 Å². The maximum Gasteiger partial charge on any atom is 0.0145 e. The first-order valence-corrected chi connectivity index (χ1v) is 4.64. The third-order valence-electron chi connectivity index (χ3n) is 2.88. The highest BCUT2D eigenvalue weighted by Crippen LogP contribution is 2.24. The Labute approximate surface area is 70.0 Å². The molecule has 1 aliphatic rings. The van der Waals surface area contributed by atoms with E-state index in [0.29, 0.717) is 0 Å². The zero-order valence-electron chi connectivity index (χ0n) is 7.93. The molecule has 1 N–H and O–H groups in total. The minimum Gasteiger partial charge on any atom is -0.319 e. The van der Waals surface area contributed by atoms with Crippen LogP contribution in [0.25, 0.3) is 0 Å². The van der Waals surface area contributed by atoms with Gasteiger partial charge in [-0.15, -0.1) is 0 Å². The minimum atomic E-state index is 0.854. The van der Waals surface area contributed by atoms with Gasteiger partial charge in [0.05, 0.1) is 0 Å². The molecule has 0 amide bonds. The minimum absolute atomic E-state index is 0.854. The van der Waals surface area contributed by atoms with E-state index in [2.05, 4.69) is 24.2 Å². The summed E-state index contributed by atoms with van der Waals surface area (Å²) in [6.45, 7) is 4.75. The molecule has 2 atom stereocenters. The summed E-state index contributed by atoms with van der Waals surface area (Å²) >= 11 is 0. The van der Waals surface area contributed by atoms with Gasteiger partial charge in [-0.1, -0.05) is 13.3 Å². The molecule has 66 valence electrons. The summed E-state index contributed by atoms with van der Waals surface area (Å²) in [4.78, 5) is 2.46. The van der Waals surface area contributed by atoms with Crippen LogP contribution in [0.1, 0.15) is 19.8 Å². The quantitative estimate of drug-likeness (QED) is 0.651. The smallest absolute Gasteiger partial charge is 0.0145 e. The Morgan fingerprint density at radius 2 is 2.36 bits per heavy atom. The Morgan fingerprint density at radius 3 is 2.64 bits per heavy atom. The Hall–Kier alpha value is -0.0800. The topological polar surface area (TPSA) is 15.3 Å². The first-order chi connectivity index (χ1) is 5.29. The van der Waals surface area contributed by atoms with Crippen LogP contribution in [0.3, 0.4) is 0 Å². The summed E-state index contributed by atoms with van der Waals surface area (Å²) in [5.74, 6) is 0.860. The maximum atomic E-state index is 3.26. The number of nitrogens with one attached hydrogen (secondary N) is 1. The lowest BCUT2D eigenvalue weighted by Crippen LogP contribution is -2.51. The van der Waals surface area contributed by atoms with Crippen molar-refractivity contribution >= 4 is 0 Å². The first-order valence-electron chi connectivity index (χ1n) is 4.64. The van der Waals surface area contributed by atoms with E-state index in [0.717, 1.165) is 12.0 Å². The van der Waals surface area contributed by atoms with Crippen LogP contribution in [0.2, 0.25) is 0 Å². The Bertz CT molecular complexity index is 114. The van der Waals surface area contributed by atoms with Gasteiger partial charge in [0.25, 0.3) is 0 Å². The number of rotatable bonds is 4. The third kappa shape index (κ3) is 1.94. The fraction of sp³-hybridized carbons (Fsp3) is 1.00. The second kappa shape index (κ2) is 4.07. The molecule has 1 heterocycles. The van der Waals surface area contributed by atoms with Crippen LogP contribution in [-0.4, -0.2) is 38.1 Å². The highest BCUT2D eigenvalue weighted by Gasteiger charge is 2.30. The van der Waals surface area contributed by atoms with Crippen molar-refractivity contribution in [3.63, 3.8) is 0 Å². The SMILES string of the molecule is CCC(CNC)C1CCN1C. The second-order valence-electron chi connectivity index (χ2n) is 3.56. The van der Waals surface area contributed by atoms with Crippen LogP contribution in [0.4, 0.5) is 0 Å². The van der Waals surface area contributed by atoms with Crippen molar-refractivity contribution in [2.24, 2.45) is 5.92 Å². The molecule has 0 radical (unpaired) electrons. The predicted octanol–water partition coefficient (Wildman–Crippen LogP) is 0.936. The molecule has 1 rings (SSSR count). The number of hydrogen-bond donors (Lipinski definition) is 1. The van der Waals surface area contributed by atoms with Crippen molar-refractivity contribution < 1.29 is 0 Å². The monoisotopic (exact) mass is 156 g/mol. The average molecular weight is 156 g/mol. The van der Waals surface area contributed by atoms with Gasteiger partial charge in [-0.2, -0.15) is 0 Å². The van der Waals surface area contributed by atoms with E-state index in [1.165, 1.54) is 25.9 Å². The molecular weight excluding hydrogens is 136 g/mol. The summed E-state index contributed by atoms with van der Waals surface area (Å²) in [6, 6.07) is 0.854. The molecule has 1 aliphatic heterocycles. The van der Waals surface area contributed by atoms with Gasteiger partial charge in [0.2, 0.25) is 0 Å². The Balaban J connectivity index is 2.29. The van der Waals surface area contributed by atoms with Crippen LogP contribution in [0.15, 0.2) is 0 Å². The molecule has 0 bridgehead atoms. The molecule has 2 unspecified atom stereocenters. The second-order valence-corrected chi connectivity index (χ2v) is 3.56. The summed E-state index contributed by atoms with van der Waals surface area (Å²) in [5, 5.41) is 3.26. The van der Waals surface area contributed by atoms with E-state index in [-0.39, 0.29) is 0 Å². The number of hydrogen-bond acceptors (Lipinski definition) is 2. The third-order valence-corrected chi connectivity index (χ3v) is 2.88. The van der Waals surface area contributed by atoms with E-state index in [1.54, 1.807) is 0 Å². The molecule has 1 saturated heterocycles. The van der Waals surface area contributed by atoms with Crippen LogP contribution in [0.5, 0.6) is 0 Å². The van der Waals surface area contributed by atoms with Gasteiger partial charge in [0.15, 0.2) is 0 Å². The molecule has 0 aromatic heterocycles. The van der Waals surface area contributed by atoms with E-state index in [4.69, 9.17) is 0 Å². The normalized spacial score (nSPS) is 28.1. The van der Waals surface area contributed by atoms with Gasteiger partial charge < -0.3 is 10.2 Å². The first kappa shape index (κ1) is 9.01. The fourth-order valence-electron chi connectivity index (χ4n) is 1.95. The van der Waals surface area contributed by atoms with Gasteiger partial charge in [-0.05, 0) is 39.5 Å². The maximum absolute atomic E-state index is 3.26. The Kier molecular flexibility index (Phi) is 3.34. The van der Waals surface area contributed by atoms with E-state index < -0.39 is 0 Å². The molecule has 0 aliphatic carbocycles. The van der Waals surface area contributed by atoms with Crippen LogP contribution in [-0.2, 0) is 0 Å². The molecule has 0 aromatic rings. The van der Waals surface area contributed by atoms with Crippen molar-refractivity contribution in [1.29, 1.82) is 0 Å². The van der Waals surface area contributed by atoms with Crippen molar-refractivity contribution in [2.45, 2.75) is 25.8 Å². The summed E-state index contributed by atoms with van der Waals surface area (Å²) in [7, 11) is 4.27. The van der Waals surface area contributed by atoms with Crippen LogP contribution >= 0.6 is 0 Å². The zero-order chi connectivity index (χ0) is 8.27. The number of nitrogens with zero attached hydrogens (tertiary/aromatic N) is 1. The van der Waals surface area contributed by atoms with Gasteiger partial charge in [-0.3, -0.25) is 0 Å². The lowest BCUT2D eigenvalue weighted by atomic mass is 9.88. The van der Waals surface area contributed by atoms with Gasteiger partial charge in [0.1, 0.15) is 0 Å². The van der Waals surface area contributed by atoms with E-state index in [1.807, 2.05) is 7.05 Å². The lowest BCUT2D eigenvalue weighted by molar-refractivity contribution is 0.0712. The molecule has 2 heteroatoms. The van der Waals surface area contributed by atoms with E-state index >= 15 is 0 Å². The van der Waals surface area contributed by atoms with Crippen molar-refractivity contribution in [3.8, 4) is 0 Å². The standard InChI is InChI=1S/C9H20N2/c1-4-8(7-10-2)9-5-6-11(9)3/h8-10H,4-7H2,1-3H3. The summed E-state index contributed by atoms with van der Waals surface area (Å²) in [6.07, 6.45) is 2.70. The molecule has 2 nitrogen and oxygen atoms in total. The van der Waals surface area contributed by atoms with Gasteiger partial charge in [-0.25, -0.2) is 0 Å². The average Bonchev–Trinajstić information content (AvgIpc) is 2.01. The van der Waals surface area contributed by atoms with Crippen molar-refractivity contribution in [2.75, 3.05) is 27.2 Å². The molecule has 11 heavy (non-hydrogen) atoms. The Morgan fingerprint density at radius 1 is 1.64 bits per heavy atom. The van der Waals surface area contributed by atoms with Gasteiger partial charge >= 0.3 is 0 Å². The van der Waals surface area contributed by atoms with Crippen LogP contribution < -0.4 is 5.32 Å². The molecule has 1 fully saturated rings. The molecule has 0 saturated carbocycles. The predicted molar refractivity (Wildman–Crippen MR) is 48.7 cm³/mol. The molecule has 0 aromatic carbocycles. The highest BCUT2D eigenvalue weighted by molar-refractivity contribution is 4.86. The van der Waals surface area contributed by atoms with Gasteiger partial charge in [0, 0.05) is 6.04 Å². The zero-order valence-corrected chi connectivity index (χ0v) is 7.93. The molecular formula is C9H20N2. The lowest BCUT2D eigenvalue weighted by Gasteiger charge is -2.43. The van der Waals surface area contributed by atoms with Crippen molar-refractivity contribution in [3.05, 3.63) is 0 Å². The largest absolute Gasteiger partial charge is 0.319 e.